The molecule has 0 saturated carbocycles. The highest BCUT2D eigenvalue weighted by Gasteiger charge is 2.15. The molecule has 0 amide bonds. The average molecular weight is 302 g/mol. The van der Waals surface area contributed by atoms with Crippen LogP contribution in [0.5, 0.6) is 5.75 Å². The van der Waals surface area contributed by atoms with Gasteiger partial charge in [0.1, 0.15) is 5.75 Å². The monoisotopic (exact) mass is 300 g/mol. The third-order valence-corrected chi connectivity index (χ3v) is 3.53. The number of carbonyl (C=O) groups is 1. The van der Waals surface area contributed by atoms with Gasteiger partial charge >= 0.3 is 0 Å². The summed E-state index contributed by atoms with van der Waals surface area (Å²) < 4.78 is 0. The molecule has 0 aromatic heterocycles. The Kier molecular flexibility index (Phi) is 3.81. The quantitative estimate of drug-likeness (QED) is 0.824. The second-order valence-corrected chi connectivity index (χ2v) is 4.79. The summed E-state index contributed by atoms with van der Waals surface area (Å²) in [6.07, 6.45) is 0. The Hall–Kier alpha value is -1.22. The molecule has 0 saturated heterocycles. The van der Waals surface area contributed by atoms with Crippen molar-refractivity contribution in [2.24, 2.45) is 0 Å². The number of hydrogen-bond donors (Lipinski definition) is 1. The summed E-state index contributed by atoms with van der Waals surface area (Å²) in [7, 11) is 0. The lowest BCUT2D eigenvalue weighted by molar-refractivity contribution is 0.103. The van der Waals surface area contributed by atoms with Crippen LogP contribution in [0, 0.1) is 0 Å². The molecule has 18 heavy (non-hydrogen) atoms. The van der Waals surface area contributed by atoms with Crippen molar-refractivity contribution in [1.29, 1.82) is 0 Å². The Labute approximate surface area is 119 Å². The second-order valence-electron chi connectivity index (χ2n) is 3.60. The van der Waals surface area contributed by atoms with Crippen LogP contribution in [0.1, 0.15) is 15.9 Å². The van der Waals surface area contributed by atoms with E-state index in [1.54, 1.807) is 18.2 Å². The van der Waals surface area contributed by atoms with Crippen molar-refractivity contribution in [3.63, 3.8) is 0 Å². The number of hydrogen-bond acceptors (Lipinski definition) is 2. The van der Waals surface area contributed by atoms with Crippen LogP contribution >= 0.6 is 34.8 Å². The summed E-state index contributed by atoms with van der Waals surface area (Å²) in [6.45, 7) is 0. The number of phenolic OH excluding ortho intramolecular Hbond substituents is 1. The number of benzene rings is 2. The van der Waals surface area contributed by atoms with Crippen molar-refractivity contribution in [1.82, 2.24) is 0 Å². The van der Waals surface area contributed by atoms with Crippen molar-refractivity contribution >= 4 is 40.6 Å². The summed E-state index contributed by atoms with van der Waals surface area (Å²) >= 11 is 17.6. The molecule has 0 fully saturated rings. The normalized spacial score (nSPS) is 10.4. The van der Waals surface area contributed by atoms with E-state index in [4.69, 9.17) is 34.8 Å². The molecular formula is C13H7Cl3O2. The van der Waals surface area contributed by atoms with E-state index in [0.29, 0.717) is 16.1 Å². The maximum absolute atomic E-state index is 12.2. The number of halogens is 3. The molecule has 2 aromatic rings. The molecule has 0 radical (unpaired) electrons. The molecule has 2 rings (SSSR count). The zero-order valence-electron chi connectivity index (χ0n) is 8.95. The molecule has 92 valence electrons. The van der Waals surface area contributed by atoms with E-state index in [1.807, 2.05) is 0 Å². The lowest BCUT2D eigenvalue weighted by atomic mass is 10.0. The summed E-state index contributed by atoms with van der Waals surface area (Å²) in [5, 5.41) is 9.93. The van der Waals surface area contributed by atoms with Crippen LogP contribution in [0.25, 0.3) is 0 Å². The lowest BCUT2D eigenvalue weighted by Gasteiger charge is -2.06. The molecule has 2 nitrogen and oxygen atoms in total. The fraction of sp³-hybridized carbons (Fsp3) is 0. The van der Waals surface area contributed by atoms with Crippen molar-refractivity contribution in [3.8, 4) is 5.75 Å². The maximum atomic E-state index is 12.2. The van der Waals surface area contributed by atoms with Gasteiger partial charge in [0.05, 0.1) is 15.1 Å². The minimum Gasteiger partial charge on any atom is -0.506 e. The molecule has 0 unspecified atom stereocenters. The van der Waals surface area contributed by atoms with Gasteiger partial charge in [-0.2, -0.15) is 0 Å². The van der Waals surface area contributed by atoms with E-state index in [9.17, 15) is 9.90 Å². The van der Waals surface area contributed by atoms with E-state index in [0.717, 1.165) is 0 Å². The molecule has 1 N–H and O–H groups in total. The zero-order valence-corrected chi connectivity index (χ0v) is 11.2. The van der Waals surface area contributed by atoms with Gasteiger partial charge in [-0.25, -0.2) is 0 Å². The van der Waals surface area contributed by atoms with Gasteiger partial charge in [0.15, 0.2) is 5.78 Å². The van der Waals surface area contributed by atoms with Crippen molar-refractivity contribution in [2.45, 2.75) is 0 Å². The molecule has 0 aliphatic rings. The highest BCUT2D eigenvalue weighted by atomic mass is 35.5. The van der Waals surface area contributed by atoms with Gasteiger partial charge in [-0.15, -0.1) is 0 Å². The molecule has 0 bridgehead atoms. The highest BCUT2D eigenvalue weighted by Crippen LogP contribution is 2.29. The minimum absolute atomic E-state index is 0.0783. The van der Waals surface area contributed by atoms with Crippen molar-refractivity contribution in [3.05, 3.63) is 62.6 Å². The van der Waals surface area contributed by atoms with Gasteiger partial charge in [0, 0.05) is 11.1 Å². The Morgan fingerprint density at radius 3 is 2.39 bits per heavy atom. The predicted octanol–water partition coefficient (Wildman–Crippen LogP) is 4.58. The van der Waals surface area contributed by atoms with E-state index < -0.39 is 0 Å². The number of ketones is 1. The topological polar surface area (TPSA) is 37.3 Å². The van der Waals surface area contributed by atoms with Gasteiger partial charge in [-0.3, -0.25) is 4.79 Å². The smallest absolute Gasteiger partial charge is 0.194 e. The summed E-state index contributed by atoms with van der Waals surface area (Å²) in [5.41, 5.74) is 0.632. The van der Waals surface area contributed by atoms with Crippen molar-refractivity contribution in [2.75, 3.05) is 0 Å². The number of phenols is 1. The van der Waals surface area contributed by atoms with E-state index in [1.165, 1.54) is 18.2 Å². The predicted molar refractivity (Wildman–Crippen MR) is 73.0 cm³/mol. The van der Waals surface area contributed by atoms with Crippen LogP contribution in [-0.2, 0) is 0 Å². The zero-order chi connectivity index (χ0) is 13.3. The molecule has 0 atom stereocenters. The van der Waals surface area contributed by atoms with Crippen molar-refractivity contribution < 1.29 is 9.90 Å². The number of carbonyl (C=O) groups excluding carboxylic acids is 1. The minimum atomic E-state index is -0.301. The third kappa shape index (κ3) is 2.46. The Balaban J connectivity index is 2.48. The van der Waals surface area contributed by atoms with Crippen LogP contribution in [0.15, 0.2) is 36.4 Å². The molecule has 0 aliphatic heterocycles. The Morgan fingerprint density at radius 1 is 1.00 bits per heavy atom. The Morgan fingerprint density at radius 2 is 1.72 bits per heavy atom. The fourth-order valence-electron chi connectivity index (χ4n) is 1.48. The van der Waals surface area contributed by atoms with E-state index in [2.05, 4.69) is 0 Å². The van der Waals surface area contributed by atoms with Crippen LogP contribution in [0.3, 0.4) is 0 Å². The van der Waals surface area contributed by atoms with Gasteiger partial charge in [0.2, 0.25) is 0 Å². The molecular weight excluding hydrogens is 294 g/mol. The van der Waals surface area contributed by atoms with Crippen LogP contribution in [-0.4, -0.2) is 10.9 Å². The SMILES string of the molecule is O=C(c1ccc(O)c(Cl)c1)c1cccc(Cl)c1Cl. The van der Waals surface area contributed by atoms with E-state index in [-0.39, 0.29) is 21.6 Å². The van der Waals surface area contributed by atoms with Crippen LogP contribution in [0.2, 0.25) is 15.1 Å². The first-order chi connectivity index (χ1) is 8.50. The van der Waals surface area contributed by atoms with Gasteiger partial charge in [0.25, 0.3) is 0 Å². The molecule has 0 spiro atoms. The molecule has 0 aliphatic carbocycles. The largest absolute Gasteiger partial charge is 0.506 e. The lowest BCUT2D eigenvalue weighted by Crippen LogP contribution is -2.02. The first-order valence-corrected chi connectivity index (χ1v) is 6.11. The standard InChI is InChI=1S/C13H7Cl3O2/c14-9-3-1-2-8(12(9)16)13(18)7-4-5-11(17)10(15)6-7/h1-6,17H. The van der Waals surface area contributed by atoms with Crippen LogP contribution < -0.4 is 0 Å². The number of rotatable bonds is 2. The van der Waals surface area contributed by atoms with Gasteiger partial charge in [-0.1, -0.05) is 40.9 Å². The first kappa shape index (κ1) is 13.2. The van der Waals surface area contributed by atoms with Crippen LogP contribution in [0.4, 0.5) is 0 Å². The number of aromatic hydroxyl groups is 1. The summed E-state index contributed by atoms with van der Waals surface area (Å²) in [4.78, 5) is 12.2. The first-order valence-electron chi connectivity index (χ1n) is 4.98. The van der Waals surface area contributed by atoms with Gasteiger partial charge in [-0.05, 0) is 30.3 Å². The van der Waals surface area contributed by atoms with Gasteiger partial charge < -0.3 is 5.11 Å². The summed E-state index contributed by atoms with van der Waals surface area (Å²) in [6, 6.07) is 9.04. The average Bonchev–Trinajstić information content (AvgIpc) is 2.35. The fourth-order valence-corrected chi connectivity index (χ4v) is 2.05. The highest BCUT2D eigenvalue weighted by molar-refractivity contribution is 6.44. The van der Waals surface area contributed by atoms with E-state index >= 15 is 0 Å². The second kappa shape index (κ2) is 5.19. The summed E-state index contributed by atoms with van der Waals surface area (Å²) in [5.74, 6) is -0.380. The Bertz CT molecular complexity index is 624. The molecule has 5 heteroatoms. The third-order valence-electron chi connectivity index (χ3n) is 2.41. The molecule has 0 heterocycles. The maximum Gasteiger partial charge on any atom is 0.194 e. The molecule has 2 aromatic carbocycles.